The number of benzene rings is 1. The minimum absolute atomic E-state index is 0.818. The van der Waals surface area contributed by atoms with Gasteiger partial charge in [-0.2, -0.15) is 0 Å². The molecule has 1 aromatic heterocycles. The van der Waals surface area contributed by atoms with E-state index in [1.807, 2.05) is 18.2 Å². The number of fused-ring (bicyclic) bond motifs is 1. The van der Waals surface area contributed by atoms with E-state index in [4.69, 9.17) is 0 Å². The highest BCUT2D eigenvalue weighted by Gasteiger charge is 1.99. The van der Waals surface area contributed by atoms with Crippen LogP contribution in [0.1, 0.15) is 0 Å². The van der Waals surface area contributed by atoms with Gasteiger partial charge in [0, 0.05) is 4.47 Å². The number of hydrogen-bond donors (Lipinski definition) is 1. The third-order valence-corrected chi connectivity index (χ3v) is 3.04. The molecule has 0 atom stereocenters. The maximum absolute atomic E-state index is 4.23. The quantitative estimate of drug-likeness (QED) is 0.703. The number of thiazole rings is 1. The Morgan fingerprint density at radius 1 is 1.45 bits per heavy atom. The van der Waals surface area contributed by atoms with E-state index in [9.17, 15) is 0 Å². The first-order chi connectivity index (χ1) is 5.25. The largest absolute Gasteiger partial charge is 0.230 e. The van der Waals surface area contributed by atoms with E-state index in [-0.39, 0.29) is 0 Å². The van der Waals surface area contributed by atoms with Crippen LogP contribution in [0.25, 0.3) is 10.2 Å². The van der Waals surface area contributed by atoms with Crippen LogP contribution in [-0.2, 0) is 0 Å². The summed E-state index contributed by atoms with van der Waals surface area (Å²) in [6.45, 7) is 0. The highest BCUT2D eigenvalue weighted by atomic mass is 79.9. The SMILES string of the molecule is Sc1nc2cc(Br)ccc2s1. The number of hydrogen-bond acceptors (Lipinski definition) is 3. The van der Waals surface area contributed by atoms with Crippen molar-refractivity contribution < 1.29 is 0 Å². The van der Waals surface area contributed by atoms with Crippen molar-refractivity contribution in [3.8, 4) is 0 Å². The van der Waals surface area contributed by atoms with Crippen molar-refractivity contribution in [1.82, 2.24) is 4.98 Å². The van der Waals surface area contributed by atoms with E-state index in [1.54, 1.807) is 11.3 Å². The van der Waals surface area contributed by atoms with Crippen LogP contribution in [0.3, 0.4) is 0 Å². The second kappa shape index (κ2) is 2.77. The van der Waals surface area contributed by atoms with Crippen molar-refractivity contribution in [3.05, 3.63) is 22.7 Å². The number of aromatic nitrogens is 1. The van der Waals surface area contributed by atoms with E-state index >= 15 is 0 Å². The van der Waals surface area contributed by atoms with Gasteiger partial charge in [0.1, 0.15) is 4.34 Å². The van der Waals surface area contributed by atoms with E-state index in [1.165, 1.54) is 4.70 Å². The molecular formula is C7H4BrNS2. The molecule has 56 valence electrons. The molecule has 0 saturated heterocycles. The van der Waals surface area contributed by atoms with Gasteiger partial charge in [-0.15, -0.1) is 24.0 Å². The van der Waals surface area contributed by atoms with Gasteiger partial charge in [0.05, 0.1) is 10.2 Å². The predicted molar refractivity (Wildman–Crippen MR) is 54.6 cm³/mol. The molecule has 0 aliphatic rings. The number of thiol groups is 1. The van der Waals surface area contributed by atoms with Gasteiger partial charge in [-0.1, -0.05) is 15.9 Å². The normalized spacial score (nSPS) is 10.7. The summed E-state index contributed by atoms with van der Waals surface area (Å²) in [5, 5.41) is 0. The van der Waals surface area contributed by atoms with Crippen LogP contribution in [0.5, 0.6) is 0 Å². The van der Waals surface area contributed by atoms with E-state index < -0.39 is 0 Å². The van der Waals surface area contributed by atoms with Gasteiger partial charge in [0.15, 0.2) is 0 Å². The summed E-state index contributed by atoms with van der Waals surface area (Å²) in [7, 11) is 0. The molecule has 0 unspecified atom stereocenters. The fraction of sp³-hybridized carbons (Fsp3) is 0. The maximum atomic E-state index is 4.23. The molecular weight excluding hydrogens is 242 g/mol. The minimum atomic E-state index is 0.818. The molecule has 1 heterocycles. The maximum Gasteiger partial charge on any atom is 0.148 e. The zero-order valence-corrected chi connectivity index (χ0v) is 8.71. The van der Waals surface area contributed by atoms with Gasteiger partial charge in [-0.05, 0) is 18.2 Å². The molecule has 0 fully saturated rings. The first kappa shape index (κ1) is 7.58. The van der Waals surface area contributed by atoms with Gasteiger partial charge in [0.2, 0.25) is 0 Å². The van der Waals surface area contributed by atoms with Crippen LogP contribution < -0.4 is 0 Å². The molecule has 2 rings (SSSR count). The van der Waals surface area contributed by atoms with Crippen LogP contribution in [-0.4, -0.2) is 4.98 Å². The Morgan fingerprint density at radius 2 is 2.27 bits per heavy atom. The minimum Gasteiger partial charge on any atom is -0.230 e. The lowest BCUT2D eigenvalue weighted by atomic mass is 10.3. The van der Waals surface area contributed by atoms with Crippen molar-refractivity contribution in [2.24, 2.45) is 0 Å². The van der Waals surface area contributed by atoms with Crippen LogP contribution in [0.15, 0.2) is 27.0 Å². The molecule has 0 aliphatic carbocycles. The van der Waals surface area contributed by atoms with Crippen LogP contribution in [0.4, 0.5) is 0 Å². The molecule has 1 nitrogen and oxygen atoms in total. The molecule has 4 heteroatoms. The van der Waals surface area contributed by atoms with Crippen molar-refractivity contribution in [1.29, 1.82) is 0 Å². The average molecular weight is 246 g/mol. The summed E-state index contributed by atoms with van der Waals surface area (Å²) in [5.41, 5.74) is 1.01. The fourth-order valence-electron chi connectivity index (χ4n) is 0.888. The highest BCUT2D eigenvalue weighted by Crippen LogP contribution is 2.26. The van der Waals surface area contributed by atoms with Gasteiger partial charge in [0.25, 0.3) is 0 Å². The smallest absolute Gasteiger partial charge is 0.148 e. The van der Waals surface area contributed by atoms with Gasteiger partial charge >= 0.3 is 0 Å². The standard InChI is InChI=1S/C7H4BrNS2/c8-4-1-2-6-5(3-4)9-7(10)11-6/h1-3H,(H,9,10). The van der Waals surface area contributed by atoms with Crippen molar-refractivity contribution >= 4 is 50.1 Å². The summed E-state index contributed by atoms with van der Waals surface area (Å²) in [6.07, 6.45) is 0. The Hall–Kier alpha value is -0.0600. The third-order valence-electron chi connectivity index (χ3n) is 1.34. The second-order valence-corrected chi connectivity index (χ2v) is 4.78. The summed E-state index contributed by atoms with van der Waals surface area (Å²) in [6, 6.07) is 6.04. The van der Waals surface area contributed by atoms with E-state index in [2.05, 4.69) is 33.5 Å². The number of nitrogens with zero attached hydrogens (tertiary/aromatic N) is 1. The van der Waals surface area contributed by atoms with Crippen LogP contribution >= 0.6 is 39.9 Å². The van der Waals surface area contributed by atoms with Crippen molar-refractivity contribution in [3.63, 3.8) is 0 Å². The van der Waals surface area contributed by atoms with Crippen molar-refractivity contribution in [2.75, 3.05) is 0 Å². The predicted octanol–water partition coefficient (Wildman–Crippen LogP) is 3.35. The summed E-state index contributed by atoms with van der Waals surface area (Å²) >= 11 is 9.14. The molecule has 0 radical (unpaired) electrons. The molecule has 0 N–H and O–H groups in total. The lowest BCUT2D eigenvalue weighted by Crippen LogP contribution is -1.66. The van der Waals surface area contributed by atoms with Gasteiger partial charge < -0.3 is 0 Å². The molecule has 11 heavy (non-hydrogen) atoms. The second-order valence-electron chi connectivity index (χ2n) is 2.11. The average Bonchev–Trinajstić information content (AvgIpc) is 2.27. The molecule has 0 bridgehead atoms. The Kier molecular flexibility index (Phi) is 1.91. The molecule has 2 aromatic rings. The summed E-state index contributed by atoms with van der Waals surface area (Å²) in [4.78, 5) is 4.23. The van der Waals surface area contributed by atoms with Crippen LogP contribution in [0.2, 0.25) is 0 Å². The third kappa shape index (κ3) is 1.43. The van der Waals surface area contributed by atoms with Crippen molar-refractivity contribution in [2.45, 2.75) is 4.34 Å². The molecule has 0 saturated carbocycles. The first-order valence-electron chi connectivity index (χ1n) is 3.01. The molecule has 1 aromatic carbocycles. The zero-order chi connectivity index (χ0) is 7.84. The van der Waals surface area contributed by atoms with Crippen LogP contribution in [0, 0.1) is 0 Å². The number of rotatable bonds is 0. The zero-order valence-electron chi connectivity index (χ0n) is 5.41. The first-order valence-corrected chi connectivity index (χ1v) is 5.06. The molecule has 0 spiro atoms. The Balaban J connectivity index is 2.82. The molecule has 0 amide bonds. The van der Waals surface area contributed by atoms with E-state index in [0.717, 1.165) is 14.3 Å². The monoisotopic (exact) mass is 245 g/mol. The Bertz CT molecular complexity index is 396. The Morgan fingerprint density at radius 3 is 3.09 bits per heavy atom. The molecule has 0 aliphatic heterocycles. The summed E-state index contributed by atoms with van der Waals surface area (Å²) in [5.74, 6) is 0. The van der Waals surface area contributed by atoms with E-state index in [0.29, 0.717) is 0 Å². The van der Waals surface area contributed by atoms with Gasteiger partial charge in [-0.25, -0.2) is 4.98 Å². The lowest BCUT2D eigenvalue weighted by Gasteiger charge is -1.86. The van der Waals surface area contributed by atoms with Gasteiger partial charge in [-0.3, -0.25) is 0 Å². The number of halogens is 1. The highest BCUT2D eigenvalue weighted by molar-refractivity contribution is 9.10. The Labute approximate surface area is 82.0 Å². The topological polar surface area (TPSA) is 12.9 Å². The fourth-order valence-corrected chi connectivity index (χ4v) is 2.33. The summed E-state index contributed by atoms with van der Waals surface area (Å²) < 4.78 is 3.06. The lowest BCUT2D eigenvalue weighted by molar-refractivity contribution is 1.31.